The van der Waals surface area contributed by atoms with Crippen LogP contribution in [0, 0.1) is 10.4 Å². The molecular formula is C13H8ClNO. The van der Waals surface area contributed by atoms with Crippen molar-refractivity contribution in [1.82, 2.24) is 0 Å². The Morgan fingerprint density at radius 3 is 2.69 bits per heavy atom. The first-order chi connectivity index (χ1) is 7.86. The van der Waals surface area contributed by atoms with E-state index in [0.717, 1.165) is 21.0 Å². The third-order valence-corrected chi connectivity index (χ3v) is 2.90. The molecule has 0 unspecified atom stereocenters. The summed E-state index contributed by atoms with van der Waals surface area (Å²) >= 11 is 6.13. The van der Waals surface area contributed by atoms with Crippen LogP contribution >= 0.6 is 11.6 Å². The minimum absolute atomic E-state index is 0.671. The first kappa shape index (κ1) is 9.43. The van der Waals surface area contributed by atoms with Crippen molar-refractivity contribution in [3.63, 3.8) is 0 Å². The number of halogens is 1. The normalized spacial score (nSPS) is 12.3. The molecule has 0 amide bonds. The van der Waals surface area contributed by atoms with Crippen LogP contribution in [-0.4, -0.2) is 0 Å². The largest absolute Gasteiger partial charge is 0.364 e. The molecule has 3 rings (SSSR count). The maximum Gasteiger partial charge on any atom is 0.131 e. The third-order valence-electron chi connectivity index (χ3n) is 2.57. The van der Waals surface area contributed by atoms with Crippen LogP contribution in [-0.2, 0) is 4.84 Å². The molecule has 0 N–H and O–H groups in total. The van der Waals surface area contributed by atoms with Gasteiger partial charge in [-0.05, 0) is 17.4 Å². The molecule has 3 heteroatoms. The minimum atomic E-state index is 0.671. The monoisotopic (exact) mass is 229 g/mol. The predicted octanol–water partition coefficient (Wildman–Crippen LogP) is 1.93. The van der Waals surface area contributed by atoms with E-state index in [9.17, 15) is 0 Å². The molecule has 78 valence electrons. The number of hydrogen-bond acceptors (Lipinski definition) is 2. The highest BCUT2D eigenvalue weighted by Crippen LogP contribution is 2.02. The molecule has 0 atom stereocenters. The first-order valence-corrected chi connectivity index (χ1v) is 5.32. The summed E-state index contributed by atoms with van der Waals surface area (Å²) in [4.78, 5) is 5.14. The van der Waals surface area contributed by atoms with E-state index in [1.54, 1.807) is 6.26 Å². The van der Waals surface area contributed by atoms with Crippen molar-refractivity contribution in [2.24, 2.45) is 5.16 Å². The highest BCUT2D eigenvalue weighted by Gasteiger charge is 1.98. The molecule has 0 radical (unpaired) electrons. The molecule has 2 aromatic rings. The molecular weight excluding hydrogens is 222 g/mol. The first-order valence-electron chi connectivity index (χ1n) is 4.94. The summed E-state index contributed by atoms with van der Waals surface area (Å²) < 4.78 is 0. The van der Waals surface area contributed by atoms with Gasteiger partial charge in [0, 0.05) is 10.4 Å². The molecule has 0 aliphatic carbocycles. The van der Waals surface area contributed by atoms with E-state index in [1.165, 1.54) is 0 Å². The van der Waals surface area contributed by atoms with Gasteiger partial charge in [0.1, 0.15) is 11.6 Å². The van der Waals surface area contributed by atoms with Crippen LogP contribution in [0.15, 0.2) is 47.6 Å². The van der Waals surface area contributed by atoms with Gasteiger partial charge >= 0.3 is 0 Å². The SMILES string of the molecule is Clc1cccc2c1=CON=c1ccccc1=2. The zero-order valence-corrected chi connectivity index (χ0v) is 9.11. The summed E-state index contributed by atoms with van der Waals surface area (Å²) in [5, 5.41) is 8.47. The minimum Gasteiger partial charge on any atom is -0.364 e. The van der Waals surface area contributed by atoms with Gasteiger partial charge in [-0.1, -0.05) is 47.1 Å². The van der Waals surface area contributed by atoms with Gasteiger partial charge in [-0.15, -0.1) is 0 Å². The second-order valence-electron chi connectivity index (χ2n) is 3.53. The molecule has 16 heavy (non-hydrogen) atoms. The number of rotatable bonds is 0. The molecule has 2 aromatic carbocycles. The zero-order valence-electron chi connectivity index (χ0n) is 8.35. The van der Waals surface area contributed by atoms with Crippen LogP contribution in [0.5, 0.6) is 0 Å². The molecule has 1 aliphatic rings. The Labute approximate surface area is 96.7 Å². The Bertz CT molecular complexity index is 752. The van der Waals surface area contributed by atoms with Crippen LogP contribution in [0.4, 0.5) is 0 Å². The summed E-state index contributed by atoms with van der Waals surface area (Å²) in [6.07, 6.45) is 1.58. The van der Waals surface area contributed by atoms with Crippen molar-refractivity contribution in [3.8, 4) is 0 Å². The Balaban J connectivity index is 2.73. The lowest BCUT2D eigenvalue weighted by Crippen LogP contribution is -2.07. The van der Waals surface area contributed by atoms with E-state index in [0.29, 0.717) is 5.02 Å². The number of benzene rings is 2. The van der Waals surface area contributed by atoms with Gasteiger partial charge in [0.05, 0.1) is 5.02 Å². The second kappa shape index (κ2) is 3.65. The van der Waals surface area contributed by atoms with Gasteiger partial charge in [0.25, 0.3) is 0 Å². The zero-order chi connectivity index (χ0) is 11.0. The second-order valence-corrected chi connectivity index (χ2v) is 3.94. The molecule has 0 spiro atoms. The molecule has 0 aromatic heterocycles. The van der Waals surface area contributed by atoms with Crippen LogP contribution in [0.3, 0.4) is 0 Å². The van der Waals surface area contributed by atoms with E-state index in [4.69, 9.17) is 16.4 Å². The van der Waals surface area contributed by atoms with Crippen LogP contribution < -0.4 is 10.6 Å². The third kappa shape index (κ3) is 1.39. The van der Waals surface area contributed by atoms with Crippen molar-refractivity contribution >= 4 is 17.9 Å². The van der Waals surface area contributed by atoms with Crippen molar-refractivity contribution in [2.75, 3.05) is 0 Å². The van der Waals surface area contributed by atoms with Gasteiger partial charge < -0.3 is 4.84 Å². The average Bonchev–Trinajstić information content (AvgIpc) is 2.50. The van der Waals surface area contributed by atoms with E-state index < -0.39 is 0 Å². The average molecular weight is 230 g/mol. The lowest BCUT2D eigenvalue weighted by Gasteiger charge is -1.92. The van der Waals surface area contributed by atoms with Crippen molar-refractivity contribution < 1.29 is 4.84 Å². The smallest absolute Gasteiger partial charge is 0.131 e. The summed E-state index contributed by atoms with van der Waals surface area (Å²) in [6, 6.07) is 13.6. The maximum atomic E-state index is 6.13. The summed E-state index contributed by atoms with van der Waals surface area (Å²) in [5.74, 6) is 0. The Morgan fingerprint density at radius 1 is 0.938 bits per heavy atom. The van der Waals surface area contributed by atoms with Gasteiger partial charge in [-0.25, -0.2) is 0 Å². The van der Waals surface area contributed by atoms with Crippen molar-refractivity contribution in [2.45, 2.75) is 0 Å². The Morgan fingerprint density at radius 2 is 1.75 bits per heavy atom. The molecule has 0 saturated heterocycles. The Kier molecular flexibility index (Phi) is 2.15. The van der Waals surface area contributed by atoms with Crippen LogP contribution in [0.2, 0.25) is 5.02 Å². The van der Waals surface area contributed by atoms with E-state index in [1.807, 2.05) is 42.5 Å². The molecule has 1 heterocycles. The molecule has 0 bridgehead atoms. The summed E-state index contributed by atoms with van der Waals surface area (Å²) in [5.41, 5.74) is 0. The summed E-state index contributed by atoms with van der Waals surface area (Å²) in [6.45, 7) is 0. The molecule has 0 saturated carbocycles. The lowest BCUT2D eigenvalue weighted by molar-refractivity contribution is 0.301. The maximum absolute atomic E-state index is 6.13. The van der Waals surface area contributed by atoms with E-state index in [2.05, 4.69) is 5.16 Å². The topological polar surface area (TPSA) is 21.6 Å². The molecule has 0 fully saturated rings. The quantitative estimate of drug-likeness (QED) is 0.677. The highest BCUT2D eigenvalue weighted by atomic mass is 35.5. The fourth-order valence-electron chi connectivity index (χ4n) is 1.81. The van der Waals surface area contributed by atoms with E-state index >= 15 is 0 Å². The van der Waals surface area contributed by atoms with Crippen molar-refractivity contribution in [1.29, 1.82) is 0 Å². The predicted molar refractivity (Wildman–Crippen MR) is 61.9 cm³/mol. The fraction of sp³-hybridized carbons (Fsp3) is 0. The van der Waals surface area contributed by atoms with Gasteiger partial charge in [-0.3, -0.25) is 0 Å². The van der Waals surface area contributed by atoms with Crippen LogP contribution in [0.1, 0.15) is 0 Å². The van der Waals surface area contributed by atoms with Gasteiger partial charge in [-0.2, -0.15) is 0 Å². The highest BCUT2D eigenvalue weighted by molar-refractivity contribution is 6.30. The standard InChI is InChI=1S/C13H8ClNO/c14-12-6-3-5-9-10-4-1-2-7-13(10)15-16-8-11(9)12/h1-8H. The van der Waals surface area contributed by atoms with Crippen molar-refractivity contribution in [3.05, 3.63) is 68.5 Å². The number of fused-ring (bicyclic) bond motifs is 2. The van der Waals surface area contributed by atoms with E-state index in [-0.39, 0.29) is 0 Å². The fourth-order valence-corrected chi connectivity index (χ4v) is 2.03. The lowest BCUT2D eigenvalue weighted by atomic mass is 10.2. The van der Waals surface area contributed by atoms with Crippen LogP contribution in [0.25, 0.3) is 6.26 Å². The van der Waals surface area contributed by atoms with Gasteiger partial charge in [0.2, 0.25) is 0 Å². The number of hydrogen-bond donors (Lipinski definition) is 0. The molecule has 1 aliphatic heterocycles. The molecule has 2 nitrogen and oxygen atoms in total. The summed E-state index contributed by atoms with van der Waals surface area (Å²) in [7, 11) is 0. The Hall–Kier alpha value is -1.80. The number of nitrogens with zero attached hydrogens (tertiary/aromatic N) is 1. The van der Waals surface area contributed by atoms with Gasteiger partial charge in [0.15, 0.2) is 0 Å².